The topological polar surface area (TPSA) is 46.2 Å². The molecule has 1 aromatic carbocycles. The van der Waals surface area contributed by atoms with E-state index in [1.165, 1.54) is 31.2 Å². The molecule has 1 aromatic rings. The Labute approximate surface area is 96.9 Å². The number of rotatable bonds is 2. The van der Waals surface area contributed by atoms with Crippen molar-refractivity contribution in [3.05, 3.63) is 29.3 Å². The summed E-state index contributed by atoms with van der Waals surface area (Å²) in [6, 6.07) is 5.87. The number of hydrogen-bond acceptors (Lipinski definition) is 2. The molecule has 15 heavy (non-hydrogen) atoms. The van der Waals surface area contributed by atoms with E-state index in [9.17, 15) is 5.11 Å². The number of hydrogen-bond donors (Lipinski definition) is 2. The van der Waals surface area contributed by atoms with E-state index in [-0.39, 0.29) is 12.4 Å². The monoisotopic (exact) mass is 227 g/mol. The molecule has 0 bridgehead atoms. The van der Waals surface area contributed by atoms with Crippen LogP contribution in [-0.4, -0.2) is 5.11 Å². The van der Waals surface area contributed by atoms with Gasteiger partial charge in [0.05, 0.1) is 0 Å². The summed E-state index contributed by atoms with van der Waals surface area (Å²) in [5.74, 6) is 1.02. The van der Waals surface area contributed by atoms with E-state index in [0.29, 0.717) is 18.2 Å². The van der Waals surface area contributed by atoms with Gasteiger partial charge in [0.2, 0.25) is 0 Å². The van der Waals surface area contributed by atoms with Crippen LogP contribution < -0.4 is 5.73 Å². The fraction of sp³-hybridized carbons (Fsp3) is 0.500. The third kappa shape index (κ3) is 2.64. The van der Waals surface area contributed by atoms with Crippen molar-refractivity contribution in [2.24, 2.45) is 5.73 Å². The van der Waals surface area contributed by atoms with Gasteiger partial charge in [-0.15, -0.1) is 12.4 Å². The van der Waals surface area contributed by atoms with Crippen LogP contribution in [0.4, 0.5) is 0 Å². The fourth-order valence-corrected chi connectivity index (χ4v) is 2.28. The Balaban J connectivity index is 0.00000112. The number of benzene rings is 1. The zero-order chi connectivity index (χ0) is 9.97. The second kappa shape index (κ2) is 5.38. The molecule has 2 nitrogen and oxygen atoms in total. The van der Waals surface area contributed by atoms with Crippen LogP contribution in [0.25, 0.3) is 0 Å². The van der Waals surface area contributed by atoms with Gasteiger partial charge in [0.25, 0.3) is 0 Å². The first-order valence-electron chi connectivity index (χ1n) is 5.33. The highest BCUT2D eigenvalue weighted by Gasteiger charge is 2.17. The highest BCUT2D eigenvalue weighted by Crippen LogP contribution is 2.35. The number of aromatic hydroxyl groups is 1. The van der Waals surface area contributed by atoms with Gasteiger partial charge in [-0.05, 0) is 30.4 Å². The highest BCUT2D eigenvalue weighted by molar-refractivity contribution is 5.85. The fourth-order valence-electron chi connectivity index (χ4n) is 2.28. The first kappa shape index (κ1) is 12.3. The molecule has 0 atom stereocenters. The van der Waals surface area contributed by atoms with Gasteiger partial charge in [0.1, 0.15) is 5.75 Å². The second-order valence-electron chi connectivity index (χ2n) is 4.07. The zero-order valence-corrected chi connectivity index (χ0v) is 9.59. The van der Waals surface area contributed by atoms with Crippen molar-refractivity contribution >= 4 is 12.4 Å². The molecule has 0 saturated heterocycles. The Hall–Kier alpha value is -0.730. The molecule has 0 aliphatic heterocycles. The SMILES string of the molecule is Cl.NCc1cc(C2CCCC2)ccc1O. The molecule has 1 fully saturated rings. The minimum atomic E-state index is 0. The summed E-state index contributed by atoms with van der Waals surface area (Å²) >= 11 is 0. The lowest BCUT2D eigenvalue weighted by molar-refractivity contribution is 0.467. The van der Waals surface area contributed by atoms with Gasteiger partial charge in [-0.3, -0.25) is 0 Å². The first-order chi connectivity index (χ1) is 6.81. The van der Waals surface area contributed by atoms with Crippen LogP contribution in [0.3, 0.4) is 0 Å². The molecule has 0 radical (unpaired) electrons. The van der Waals surface area contributed by atoms with E-state index >= 15 is 0 Å². The van der Waals surface area contributed by atoms with Gasteiger partial charge < -0.3 is 10.8 Å². The summed E-state index contributed by atoms with van der Waals surface area (Å²) in [4.78, 5) is 0. The maximum Gasteiger partial charge on any atom is 0.120 e. The van der Waals surface area contributed by atoms with Gasteiger partial charge in [0.15, 0.2) is 0 Å². The van der Waals surface area contributed by atoms with E-state index in [1.54, 1.807) is 6.07 Å². The summed E-state index contributed by atoms with van der Waals surface area (Å²) in [5.41, 5.74) is 7.78. The predicted molar refractivity (Wildman–Crippen MR) is 64.5 cm³/mol. The van der Waals surface area contributed by atoms with Gasteiger partial charge in [-0.2, -0.15) is 0 Å². The molecular formula is C12H18ClNO. The van der Waals surface area contributed by atoms with Crippen LogP contribution in [0.15, 0.2) is 18.2 Å². The molecule has 1 aliphatic carbocycles. The smallest absolute Gasteiger partial charge is 0.120 e. The minimum Gasteiger partial charge on any atom is -0.508 e. The van der Waals surface area contributed by atoms with Crippen molar-refractivity contribution < 1.29 is 5.11 Å². The lowest BCUT2D eigenvalue weighted by Gasteiger charge is -2.11. The average Bonchev–Trinajstić information content (AvgIpc) is 2.71. The largest absolute Gasteiger partial charge is 0.508 e. The van der Waals surface area contributed by atoms with E-state index in [4.69, 9.17) is 5.73 Å². The Bertz CT molecular complexity index is 321. The van der Waals surface area contributed by atoms with E-state index in [2.05, 4.69) is 6.07 Å². The van der Waals surface area contributed by atoms with Crippen molar-refractivity contribution in [3.8, 4) is 5.75 Å². The number of phenolic OH excluding ortho intramolecular Hbond substituents is 1. The number of nitrogens with two attached hydrogens (primary N) is 1. The molecule has 3 N–H and O–H groups in total. The Morgan fingerprint density at radius 1 is 1.27 bits per heavy atom. The third-order valence-corrected chi connectivity index (χ3v) is 3.15. The van der Waals surface area contributed by atoms with Gasteiger partial charge in [0, 0.05) is 12.1 Å². The molecule has 1 saturated carbocycles. The molecule has 1 aliphatic rings. The second-order valence-corrected chi connectivity index (χ2v) is 4.07. The summed E-state index contributed by atoms with van der Waals surface area (Å²) in [6.45, 7) is 0.423. The zero-order valence-electron chi connectivity index (χ0n) is 8.78. The van der Waals surface area contributed by atoms with Crippen molar-refractivity contribution in [2.75, 3.05) is 0 Å². The first-order valence-corrected chi connectivity index (χ1v) is 5.33. The van der Waals surface area contributed by atoms with Crippen molar-refractivity contribution in [1.82, 2.24) is 0 Å². The average molecular weight is 228 g/mol. The standard InChI is InChI=1S/C12H17NO.ClH/c13-8-11-7-10(5-6-12(11)14)9-3-1-2-4-9;/h5-7,9,14H,1-4,8,13H2;1H. The van der Waals surface area contributed by atoms with Crippen LogP contribution in [-0.2, 0) is 6.54 Å². The van der Waals surface area contributed by atoms with Crippen LogP contribution >= 0.6 is 12.4 Å². The Kier molecular flexibility index (Phi) is 4.43. The molecule has 3 heteroatoms. The summed E-state index contributed by atoms with van der Waals surface area (Å²) in [5, 5.41) is 9.50. The highest BCUT2D eigenvalue weighted by atomic mass is 35.5. The molecule has 0 spiro atoms. The number of phenols is 1. The van der Waals surface area contributed by atoms with Crippen molar-refractivity contribution in [1.29, 1.82) is 0 Å². The molecule has 0 amide bonds. The molecule has 0 unspecified atom stereocenters. The van der Waals surface area contributed by atoms with Crippen LogP contribution in [0.5, 0.6) is 5.75 Å². The molecule has 84 valence electrons. The van der Waals surface area contributed by atoms with E-state index in [1.807, 2.05) is 6.07 Å². The molecule has 0 heterocycles. The van der Waals surface area contributed by atoms with Gasteiger partial charge >= 0.3 is 0 Å². The van der Waals surface area contributed by atoms with Crippen molar-refractivity contribution in [3.63, 3.8) is 0 Å². The summed E-state index contributed by atoms with van der Waals surface area (Å²) < 4.78 is 0. The van der Waals surface area contributed by atoms with E-state index < -0.39 is 0 Å². The molecular weight excluding hydrogens is 210 g/mol. The maximum absolute atomic E-state index is 9.50. The molecule has 0 aromatic heterocycles. The molecule has 2 rings (SSSR count). The lowest BCUT2D eigenvalue weighted by Crippen LogP contribution is -1.99. The summed E-state index contributed by atoms with van der Waals surface area (Å²) in [6.07, 6.45) is 5.25. The Morgan fingerprint density at radius 2 is 1.93 bits per heavy atom. The minimum absolute atomic E-state index is 0. The Morgan fingerprint density at radius 3 is 2.53 bits per heavy atom. The van der Waals surface area contributed by atoms with Crippen LogP contribution in [0.2, 0.25) is 0 Å². The van der Waals surface area contributed by atoms with Crippen LogP contribution in [0, 0.1) is 0 Å². The number of halogens is 1. The quantitative estimate of drug-likeness (QED) is 0.816. The van der Waals surface area contributed by atoms with Crippen LogP contribution in [0.1, 0.15) is 42.7 Å². The maximum atomic E-state index is 9.50. The lowest BCUT2D eigenvalue weighted by atomic mass is 9.95. The van der Waals surface area contributed by atoms with Gasteiger partial charge in [-0.1, -0.05) is 25.0 Å². The third-order valence-electron chi connectivity index (χ3n) is 3.15. The normalized spacial score (nSPS) is 16.3. The summed E-state index contributed by atoms with van der Waals surface area (Å²) in [7, 11) is 0. The van der Waals surface area contributed by atoms with E-state index in [0.717, 1.165) is 5.56 Å². The van der Waals surface area contributed by atoms with Crippen molar-refractivity contribution in [2.45, 2.75) is 38.1 Å². The van der Waals surface area contributed by atoms with Gasteiger partial charge in [-0.25, -0.2) is 0 Å². The predicted octanol–water partition coefficient (Wildman–Crippen LogP) is 2.93.